The SMILES string of the molecule is Cc1cc2c(cc1C(F)(F)F)N(Cc1ccccc1C#N)CCCC2N(Cc1cc(C(F)(F)F)cc(C(F)(F)F)c1)c1nnn(C)n1. The van der Waals surface area contributed by atoms with Gasteiger partial charge in [0, 0.05) is 25.3 Å². The number of fused-ring (bicyclic) bond motifs is 1. The first-order chi connectivity index (χ1) is 22.0. The Morgan fingerprint density at radius 2 is 1.57 bits per heavy atom. The first-order valence-corrected chi connectivity index (χ1v) is 14.2. The third-order valence-electron chi connectivity index (χ3n) is 7.91. The van der Waals surface area contributed by atoms with Crippen LogP contribution in [0.25, 0.3) is 0 Å². The highest BCUT2D eigenvalue weighted by Gasteiger charge is 2.39. The highest BCUT2D eigenvalue weighted by Crippen LogP contribution is 2.44. The zero-order valence-electron chi connectivity index (χ0n) is 24.8. The summed E-state index contributed by atoms with van der Waals surface area (Å²) in [5.41, 5.74) is -3.07. The maximum Gasteiger partial charge on any atom is 0.416 e. The molecule has 0 radical (unpaired) electrons. The molecule has 1 aliphatic rings. The topological polar surface area (TPSA) is 73.9 Å². The number of benzene rings is 3. The van der Waals surface area contributed by atoms with Gasteiger partial charge in [-0.15, -0.1) is 5.10 Å². The Balaban J connectivity index is 1.68. The number of nitrogens with zero attached hydrogens (tertiary/aromatic N) is 7. The number of aryl methyl sites for hydroxylation is 2. The fourth-order valence-corrected chi connectivity index (χ4v) is 5.79. The number of nitriles is 1. The quantitative estimate of drug-likeness (QED) is 0.194. The number of halogens is 9. The highest BCUT2D eigenvalue weighted by molar-refractivity contribution is 5.62. The molecule has 0 amide bonds. The van der Waals surface area contributed by atoms with Crippen LogP contribution in [0.1, 0.15) is 63.4 Å². The predicted molar refractivity (Wildman–Crippen MR) is 152 cm³/mol. The Kier molecular flexibility index (Phi) is 8.87. The lowest BCUT2D eigenvalue weighted by atomic mass is 9.94. The molecule has 47 heavy (non-hydrogen) atoms. The van der Waals surface area contributed by atoms with Crippen molar-refractivity contribution in [3.63, 3.8) is 0 Å². The van der Waals surface area contributed by atoms with Gasteiger partial charge in [-0.3, -0.25) is 0 Å². The fraction of sp³-hybridized carbons (Fsp3) is 0.355. The van der Waals surface area contributed by atoms with Crippen molar-refractivity contribution in [3.8, 4) is 6.07 Å². The number of alkyl halides is 9. The van der Waals surface area contributed by atoms with Crippen LogP contribution < -0.4 is 9.80 Å². The van der Waals surface area contributed by atoms with Crippen molar-refractivity contribution < 1.29 is 39.5 Å². The Morgan fingerprint density at radius 3 is 2.15 bits per heavy atom. The molecule has 0 fully saturated rings. The summed E-state index contributed by atoms with van der Waals surface area (Å²) in [5.74, 6) is -0.143. The van der Waals surface area contributed by atoms with E-state index in [1.54, 1.807) is 29.2 Å². The first-order valence-electron chi connectivity index (χ1n) is 14.2. The number of tetrazole rings is 1. The number of hydrogen-bond donors (Lipinski definition) is 0. The molecule has 0 saturated heterocycles. The molecule has 248 valence electrons. The Hall–Kier alpha value is -4.81. The van der Waals surface area contributed by atoms with Gasteiger partial charge in [0.25, 0.3) is 5.95 Å². The van der Waals surface area contributed by atoms with E-state index in [9.17, 15) is 44.8 Å². The first kappa shape index (κ1) is 33.6. The Bertz CT molecular complexity index is 1770. The van der Waals surface area contributed by atoms with Crippen molar-refractivity contribution in [1.29, 1.82) is 5.26 Å². The van der Waals surface area contributed by atoms with Crippen molar-refractivity contribution in [1.82, 2.24) is 20.2 Å². The van der Waals surface area contributed by atoms with E-state index in [0.29, 0.717) is 35.2 Å². The van der Waals surface area contributed by atoms with Crippen LogP contribution in [0.15, 0.2) is 54.6 Å². The molecule has 0 N–H and O–H groups in total. The van der Waals surface area contributed by atoms with Crippen LogP contribution in [0.4, 0.5) is 51.1 Å². The molecule has 4 aromatic rings. The van der Waals surface area contributed by atoms with Gasteiger partial charge in [-0.1, -0.05) is 29.4 Å². The number of anilines is 2. The van der Waals surface area contributed by atoms with Gasteiger partial charge in [-0.25, -0.2) is 0 Å². The van der Waals surface area contributed by atoms with Crippen LogP contribution in [0, 0.1) is 18.3 Å². The van der Waals surface area contributed by atoms with Crippen LogP contribution in [0.2, 0.25) is 0 Å². The zero-order chi connectivity index (χ0) is 34.3. The second kappa shape index (κ2) is 12.4. The molecule has 1 unspecified atom stereocenters. The number of rotatable bonds is 6. The summed E-state index contributed by atoms with van der Waals surface area (Å²) >= 11 is 0. The van der Waals surface area contributed by atoms with Gasteiger partial charge in [-0.05, 0) is 77.6 Å². The van der Waals surface area contributed by atoms with Gasteiger partial charge in [0.2, 0.25) is 0 Å². The Morgan fingerprint density at radius 1 is 0.915 bits per heavy atom. The van der Waals surface area contributed by atoms with E-state index in [-0.39, 0.29) is 48.3 Å². The minimum atomic E-state index is -5.09. The van der Waals surface area contributed by atoms with E-state index >= 15 is 0 Å². The highest BCUT2D eigenvalue weighted by atomic mass is 19.4. The lowest BCUT2D eigenvalue weighted by Gasteiger charge is -2.33. The molecule has 7 nitrogen and oxygen atoms in total. The minimum Gasteiger partial charge on any atom is -0.367 e. The second-order valence-electron chi connectivity index (χ2n) is 11.2. The van der Waals surface area contributed by atoms with Crippen LogP contribution in [-0.2, 0) is 38.7 Å². The van der Waals surface area contributed by atoms with Crippen LogP contribution in [0.3, 0.4) is 0 Å². The third kappa shape index (κ3) is 7.28. The monoisotopic (exact) mass is 667 g/mol. The molecule has 0 aliphatic carbocycles. The predicted octanol–water partition coefficient (Wildman–Crippen LogP) is 7.99. The van der Waals surface area contributed by atoms with Crippen LogP contribution in [-0.4, -0.2) is 26.8 Å². The molecule has 0 spiro atoms. The minimum absolute atomic E-state index is 0.0222. The van der Waals surface area contributed by atoms with Gasteiger partial charge in [0.1, 0.15) is 0 Å². The molecule has 2 heterocycles. The largest absolute Gasteiger partial charge is 0.416 e. The molecule has 1 aliphatic heterocycles. The number of hydrogen-bond acceptors (Lipinski definition) is 6. The molecule has 0 bridgehead atoms. The lowest BCUT2D eigenvalue weighted by Crippen LogP contribution is -2.30. The van der Waals surface area contributed by atoms with E-state index in [1.807, 2.05) is 0 Å². The summed E-state index contributed by atoms with van der Waals surface area (Å²) in [6.45, 7) is 1.01. The summed E-state index contributed by atoms with van der Waals surface area (Å²) in [6, 6.07) is 11.3. The maximum absolute atomic E-state index is 14.2. The van der Waals surface area contributed by atoms with Gasteiger partial charge >= 0.3 is 18.5 Å². The molecule has 0 saturated carbocycles. The van der Waals surface area contributed by atoms with Crippen molar-refractivity contribution in [2.45, 2.75) is 57.4 Å². The van der Waals surface area contributed by atoms with E-state index in [0.717, 1.165) is 10.9 Å². The smallest absolute Gasteiger partial charge is 0.367 e. The average molecular weight is 668 g/mol. The Labute approximate surface area is 262 Å². The molecule has 1 aromatic heterocycles. The van der Waals surface area contributed by atoms with Crippen LogP contribution >= 0.6 is 0 Å². The summed E-state index contributed by atoms with van der Waals surface area (Å²) in [7, 11) is 1.41. The summed E-state index contributed by atoms with van der Waals surface area (Å²) < 4.78 is 125. The van der Waals surface area contributed by atoms with Gasteiger partial charge in [-0.2, -0.15) is 49.6 Å². The average Bonchev–Trinajstić information content (AvgIpc) is 3.34. The molecular weight excluding hydrogens is 641 g/mol. The lowest BCUT2D eigenvalue weighted by molar-refractivity contribution is -0.143. The van der Waals surface area contributed by atoms with Crippen LogP contribution in [0.5, 0.6) is 0 Å². The molecular formula is C31H26F9N7. The standard InChI is InChI=1S/C31H26F9N7/c1-18-10-24-26(8-5-9-46(27(24)14-25(18)31(38,39)40)17-21-7-4-3-6-20(21)15-41)47(28-42-44-45(2)43-28)16-19-11-22(29(32,33)34)13-23(12-19)30(35,36)37/h3-4,6-7,10-14,26H,5,8-9,16-17H2,1-2H3. The van der Waals surface area contributed by atoms with Crippen molar-refractivity contribution >= 4 is 11.6 Å². The molecule has 3 aromatic carbocycles. The van der Waals surface area contributed by atoms with Crippen molar-refractivity contribution in [2.24, 2.45) is 7.05 Å². The van der Waals surface area contributed by atoms with E-state index < -0.39 is 47.8 Å². The third-order valence-corrected chi connectivity index (χ3v) is 7.91. The maximum atomic E-state index is 14.2. The van der Waals surface area contributed by atoms with E-state index in [2.05, 4.69) is 21.5 Å². The molecule has 16 heteroatoms. The second-order valence-corrected chi connectivity index (χ2v) is 11.2. The number of aromatic nitrogens is 4. The van der Waals surface area contributed by atoms with Gasteiger partial charge in [0.05, 0.1) is 41.4 Å². The summed E-state index contributed by atoms with van der Waals surface area (Å²) in [5, 5.41) is 21.5. The van der Waals surface area contributed by atoms with E-state index in [4.69, 9.17) is 0 Å². The fourth-order valence-electron chi connectivity index (χ4n) is 5.79. The zero-order valence-corrected chi connectivity index (χ0v) is 24.8. The van der Waals surface area contributed by atoms with Gasteiger partial charge < -0.3 is 9.80 Å². The van der Waals surface area contributed by atoms with Crippen molar-refractivity contribution in [2.75, 3.05) is 16.3 Å². The summed E-state index contributed by atoms with van der Waals surface area (Å²) in [4.78, 5) is 4.10. The van der Waals surface area contributed by atoms with E-state index in [1.165, 1.54) is 24.9 Å². The normalized spacial score (nSPS) is 15.6. The molecule has 1 atom stereocenters. The van der Waals surface area contributed by atoms with Crippen molar-refractivity contribution in [3.05, 3.63) is 99.1 Å². The molecule has 5 rings (SSSR count). The van der Waals surface area contributed by atoms with Gasteiger partial charge in [0.15, 0.2) is 0 Å². The summed E-state index contributed by atoms with van der Waals surface area (Å²) in [6.07, 6.45) is -14.3.